The van der Waals surface area contributed by atoms with Crippen molar-refractivity contribution in [2.24, 2.45) is 22.1 Å². The lowest BCUT2D eigenvalue weighted by Crippen LogP contribution is -2.36. The number of hydrogen-bond donors (Lipinski definition) is 1. The van der Waals surface area contributed by atoms with Crippen molar-refractivity contribution in [1.82, 2.24) is 0 Å². The molecule has 2 spiro atoms. The van der Waals surface area contributed by atoms with Crippen molar-refractivity contribution in [3.8, 4) is 11.5 Å². The summed E-state index contributed by atoms with van der Waals surface area (Å²) in [5.74, 6) is 0.610. The number of oxime groups is 2. The maximum Gasteiger partial charge on any atom is 0.308 e. The molecule has 2 aliphatic carbocycles. The number of hydrogen-bond acceptors (Lipinski definition) is 9. The second-order valence-corrected chi connectivity index (χ2v) is 12.1. The summed E-state index contributed by atoms with van der Waals surface area (Å²) in [7, 11) is 3.30. The predicted molar refractivity (Wildman–Crippen MR) is 164 cm³/mol. The Morgan fingerprint density at radius 3 is 1.66 bits per heavy atom. The summed E-state index contributed by atoms with van der Waals surface area (Å²) in [6, 6.07) is 15.6. The van der Waals surface area contributed by atoms with Crippen LogP contribution in [-0.2, 0) is 24.0 Å². The van der Waals surface area contributed by atoms with Gasteiger partial charge in [0.05, 0.1) is 44.1 Å². The largest absolute Gasteiger partial charge is 0.497 e. The average Bonchev–Trinajstić information content (AvgIpc) is 3.67. The Morgan fingerprint density at radius 2 is 1.25 bits per heavy atom. The van der Waals surface area contributed by atoms with Gasteiger partial charge in [-0.15, -0.1) is 0 Å². The normalized spacial score (nSPS) is 27.2. The van der Waals surface area contributed by atoms with E-state index in [-0.39, 0.29) is 29.0 Å². The molecule has 0 saturated heterocycles. The Kier molecular flexibility index (Phi) is 9.76. The summed E-state index contributed by atoms with van der Waals surface area (Å²) in [4.78, 5) is 34.4. The fraction of sp³-hybridized carbons (Fsp3) is 0.529. The van der Waals surface area contributed by atoms with Gasteiger partial charge >= 0.3 is 11.9 Å². The number of methoxy groups -OCH3 is 2. The van der Waals surface area contributed by atoms with Gasteiger partial charge < -0.3 is 29.0 Å². The van der Waals surface area contributed by atoms with Crippen LogP contribution >= 0.6 is 0 Å². The van der Waals surface area contributed by atoms with Crippen molar-refractivity contribution in [3.63, 3.8) is 0 Å². The number of carbonyl (C=O) groups excluding carboxylic acids is 1. The number of carboxylic acids is 1. The van der Waals surface area contributed by atoms with E-state index in [1.54, 1.807) is 14.2 Å². The molecular weight excluding hydrogens is 564 g/mol. The van der Waals surface area contributed by atoms with E-state index in [1.165, 1.54) is 0 Å². The third-order valence-electron chi connectivity index (χ3n) is 9.25. The highest BCUT2D eigenvalue weighted by Gasteiger charge is 2.45. The second kappa shape index (κ2) is 13.7. The summed E-state index contributed by atoms with van der Waals surface area (Å²) in [5, 5.41) is 17.6. The molecule has 0 atom stereocenters. The summed E-state index contributed by atoms with van der Waals surface area (Å²) < 4.78 is 15.6. The summed E-state index contributed by atoms with van der Waals surface area (Å²) >= 11 is 0. The van der Waals surface area contributed by atoms with Gasteiger partial charge in [-0.25, -0.2) is 0 Å². The Labute approximate surface area is 258 Å². The van der Waals surface area contributed by atoms with Crippen LogP contribution in [0.3, 0.4) is 0 Å². The lowest BCUT2D eigenvalue weighted by atomic mass is 9.76. The van der Waals surface area contributed by atoms with Gasteiger partial charge in [0.25, 0.3) is 0 Å². The lowest BCUT2D eigenvalue weighted by Gasteiger charge is -2.33. The Morgan fingerprint density at radius 1 is 0.795 bits per heavy atom. The summed E-state index contributed by atoms with van der Waals surface area (Å²) in [6.45, 7) is 2.29. The zero-order valence-electron chi connectivity index (χ0n) is 25.8. The van der Waals surface area contributed by atoms with Crippen LogP contribution in [0.15, 0.2) is 58.8 Å². The van der Waals surface area contributed by atoms with Crippen molar-refractivity contribution in [2.45, 2.75) is 82.3 Å². The standard InChI is InChI=1S/C18H23NO4.C16H19NO4/c1-3-22-17(20)13-7-9-18(10-8-13)12-16(19-23-18)14-5-4-6-15(11-14)21-2;1-20-13-4-2-3-12(9-13)14-10-16(21-17-14)7-5-11(6-8-16)15(18)19/h4-6,11,13H,3,7-10,12H2,1-2H3;2-4,9,11H,5-8,10H2,1H3,(H,18,19). The fourth-order valence-electron chi connectivity index (χ4n) is 6.52. The molecule has 0 radical (unpaired) electrons. The van der Waals surface area contributed by atoms with Crippen LogP contribution in [0.2, 0.25) is 0 Å². The van der Waals surface area contributed by atoms with Crippen molar-refractivity contribution in [1.29, 1.82) is 0 Å². The first-order valence-corrected chi connectivity index (χ1v) is 15.5. The first kappa shape index (κ1) is 31.3. The van der Waals surface area contributed by atoms with E-state index < -0.39 is 5.97 Å². The highest BCUT2D eigenvalue weighted by molar-refractivity contribution is 6.02. The molecule has 2 aromatic rings. The molecule has 2 saturated carbocycles. The molecular formula is C34H42N2O8. The first-order valence-electron chi connectivity index (χ1n) is 15.5. The lowest BCUT2D eigenvalue weighted by molar-refractivity contribution is -0.152. The van der Waals surface area contributed by atoms with E-state index in [9.17, 15) is 9.59 Å². The molecule has 2 fully saturated rings. The molecule has 2 aromatic carbocycles. The summed E-state index contributed by atoms with van der Waals surface area (Å²) in [6.07, 6.45) is 7.65. The Balaban J connectivity index is 0.000000175. The molecule has 236 valence electrons. The SMILES string of the molecule is CCOC(=O)C1CCC2(CC1)CC(c1cccc(OC)c1)=NO2.COc1cccc(C2=NOC3(CCC(C(=O)O)CC3)C2)c1. The van der Waals surface area contributed by atoms with Crippen LogP contribution in [0, 0.1) is 11.8 Å². The van der Waals surface area contributed by atoms with Gasteiger partial charge in [-0.05, 0) is 82.6 Å². The van der Waals surface area contributed by atoms with Crippen molar-refractivity contribution in [2.75, 3.05) is 20.8 Å². The number of nitrogens with zero attached hydrogens (tertiary/aromatic N) is 2. The highest BCUT2D eigenvalue weighted by atomic mass is 16.7. The van der Waals surface area contributed by atoms with Crippen LogP contribution in [0.1, 0.15) is 82.3 Å². The predicted octanol–water partition coefficient (Wildman–Crippen LogP) is 6.14. The molecule has 6 rings (SSSR count). The van der Waals surface area contributed by atoms with E-state index in [2.05, 4.69) is 10.3 Å². The monoisotopic (exact) mass is 606 g/mol. The topological polar surface area (TPSA) is 125 Å². The van der Waals surface area contributed by atoms with Crippen LogP contribution in [0.25, 0.3) is 0 Å². The first-order chi connectivity index (χ1) is 21.3. The zero-order chi connectivity index (χ0) is 31.2. The van der Waals surface area contributed by atoms with Crippen LogP contribution < -0.4 is 9.47 Å². The molecule has 0 amide bonds. The van der Waals surface area contributed by atoms with Gasteiger partial charge in [-0.1, -0.05) is 34.6 Å². The number of carbonyl (C=O) groups is 2. The number of carboxylic acid groups (broad SMARTS) is 1. The number of aliphatic carboxylic acids is 1. The van der Waals surface area contributed by atoms with E-state index in [0.717, 1.165) is 85.4 Å². The molecule has 0 aromatic heterocycles. The van der Waals surface area contributed by atoms with E-state index in [1.807, 2.05) is 55.5 Å². The third kappa shape index (κ3) is 7.17. The van der Waals surface area contributed by atoms with Crippen molar-refractivity contribution >= 4 is 23.4 Å². The molecule has 10 heteroatoms. The minimum absolute atomic E-state index is 0.00467. The van der Waals surface area contributed by atoms with Gasteiger partial charge in [0.2, 0.25) is 0 Å². The zero-order valence-corrected chi connectivity index (χ0v) is 25.8. The highest BCUT2D eigenvalue weighted by Crippen LogP contribution is 2.43. The molecule has 0 unspecified atom stereocenters. The van der Waals surface area contributed by atoms with Crippen molar-refractivity contribution < 1.29 is 38.6 Å². The molecule has 2 aliphatic heterocycles. The minimum atomic E-state index is -0.697. The van der Waals surface area contributed by atoms with Gasteiger partial charge in [0.1, 0.15) is 22.7 Å². The quantitative estimate of drug-likeness (QED) is 0.373. The number of esters is 1. The summed E-state index contributed by atoms with van der Waals surface area (Å²) in [5.41, 5.74) is 3.37. The molecule has 4 aliphatic rings. The van der Waals surface area contributed by atoms with Gasteiger partial charge in [0.15, 0.2) is 0 Å². The molecule has 0 bridgehead atoms. The second-order valence-electron chi connectivity index (χ2n) is 12.1. The van der Waals surface area contributed by atoms with Gasteiger partial charge in [-0.3, -0.25) is 9.59 Å². The molecule has 44 heavy (non-hydrogen) atoms. The molecule has 1 N–H and O–H groups in total. The maximum atomic E-state index is 11.9. The number of rotatable bonds is 7. The van der Waals surface area contributed by atoms with Gasteiger partial charge in [0, 0.05) is 24.0 Å². The smallest absolute Gasteiger partial charge is 0.308 e. The van der Waals surface area contributed by atoms with E-state index >= 15 is 0 Å². The van der Waals surface area contributed by atoms with Crippen LogP contribution in [0.5, 0.6) is 11.5 Å². The number of benzene rings is 2. The number of ether oxygens (including phenoxy) is 3. The Bertz CT molecular complexity index is 1390. The van der Waals surface area contributed by atoms with Crippen LogP contribution in [-0.4, -0.2) is 60.5 Å². The third-order valence-corrected chi connectivity index (χ3v) is 9.25. The van der Waals surface area contributed by atoms with Crippen molar-refractivity contribution in [3.05, 3.63) is 59.7 Å². The minimum Gasteiger partial charge on any atom is -0.497 e. The van der Waals surface area contributed by atoms with E-state index in [0.29, 0.717) is 19.4 Å². The molecule has 10 nitrogen and oxygen atoms in total. The van der Waals surface area contributed by atoms with Gasteiger partial charge in [-0.2, -0.15) is 0 Å². The van der Waals surface area contributed by atoms with E-state index in [4.69, 9.17) is 29.0 Å². The maximum absolute atomic E-state index is 11.9. The average molecular weight is 607 g/mol. The fourth-order valence-corrected chi connectivity index (χ4v) is 6.52. The molecule has 2 heterocycles. The van der Waals surface area contributed by atoms with Crippen LogP contribution in [0.4, 0.5) is 0 Å². The Hall–Kier alpha value is -4.08.